The summed E-state index contributed by atoms with van der Waals surface area (Å²) >= 11 is 0. The Morgan fingerprint density at radius 2 is 1.84 bits per heavy atom. The molecule has 0 spiro atoms. The third kappa shape index (κ3) is 2.79. The Morgan fingerprint density at radius 1 is 1.00 bits per heavy atom. The van der Waals surface area contributed by atoms with Gasteiger partial charge in [-0.15, -0.1) is 15.3 Å². The highest BCUT2D eigenvalue weighted by atomic mass is 16.3. The van der Waals surface area contributed by atoms with Crippen LogP contribution in [0.2, 0.25) is 0 Å². The standard InChI is InChI=1S/C18H26N6O/c25-12-15-4-1-9-22(15)11-14-3-2-10-23(14)17-8-7-16-19-20-18(13-5-6-13)24(16)21-17/h7-8,13-15,25H,1-6,9-12H2. The van der Waals surface area contributed by atoms with Gasteiger partial charge in [-0.3, -0.25) is 4.90 Å². The second-order valence-electron chi connectivity index (χ2n) is 7.76. The SMILES string of the molecule is OCC1CCCN1CC1CCCN1c1ccc2nnc(C3CC3)n2n1. The van der Waals surface area contributed by atoms with E-state index in [1.54, 1.807) is 0 Å². The molecule has 0 bridgehead atoms. The van der Waals surface area contributed by atoms with Crippen LogP contribution in [0.5, 0.6) is 0 Å². The Labute approximate surface area is 147 Å². The Kier molecular flexibility index (Phi) is 3.86. The first-order valence-corrected chi connectivity index (χ1v) is 9.67. The van der Waals surface area contributed by atoms with E-state index in [0.717, 1.165) is 43.3 Å². The van der Waals surface area contributed by atoms with E-state index in [2.05, 4.69) is 26.1 Å². The van der Waals surface area contributed by atoms with Gasteiger partial charge >= 0.3 is 0 Å². The number of aromatic nitrogens is 4. The van der Waals surface area contributed by atoms with Crippen LogP contribution in [0.1, 0.15) is 50.3 Å². The molecule has 1 saturated carbocycles. The molecule has 5 rings (SSSR count). The van der Waals surface area contributed by atoms with Crippen molar-refractivity contribution in [3.05, 3.63) is 18.0 Å². The van der Waals surface area contributed by atoms with E-state index >= 15 is 0 Å². The zero-order valence-electron chi connectivity index (χ0n) is 14.6. The predicted molar refractivity (Wildman–Crippen MR) is 94.8 cm³/mol. The van der Waals surface area contributed by atoms with E-state index in [-0.39, 0.29) is 6.61 Å². The quantitative estimate of drug-likeness (QED) is 0.886. The number of likely N-dealkylation sites (tertiary alicyclic amines) is 1. The minimum Gasteiger partial charge on any atom is -0.395 e. The Hall–Kier alpha value is -1.73. The summed E-state index contributed by atoms with van der Waals surface area (Å²) < 4.78 is 1.95. The van der Waals surface area contributed by atoms with Crippen molar-refractivity contribution in [1.29, 1.82) is 0 Å². The third-order valence-corrected chi connectivity index (χ3v) is 6.04. The van der Waals surface area contributed by atoms with Crippen molar-refractivity contribution in [3.63, 3.8) is 0 Å². The molecule has 2 aliphatic heterocycles. The number of rotatable bonds is 5. The molecular formula is C18H26N6O. The van der Waals surface area contributed by atoms with Gasteiger partial charge in [0.25, 0.3) is 0 Å². The normalized spacial score (nSPS) is 27.6. The van der Waals surface area contributed by atoms with Gasteiger partial charge in [0.15, 0.2) is 11.5 Å². The molecule has 2 unspecified atom stereocenters. The summed E-state index contributed by atoms with van der Waals surface area (Å²) in [6.07, 6.45) is 7.14. The lowest BCUT2D eigenvalue weighted by Gasteiger charge is -2.31. The molecule has 2 saturated heterocycles. The molecule has 2 aromatic heterocycles. The average Bonchev–Trinajstić information content (AvgIpc) is 3.06. The first kappa shape index (κ1) is 15.5. The average molecular weight is 342 g/mol. The molecule has 1 N–H and O–H groups in total. The summed E-state index contributed by atoms with van der Waals surface area (Å²) in [6.45, 7) is 3.48. The van der Waals surface area contributed by atoms with E-state index in [4.69, 9.17) is 5.10 Å². The van der Waals surface area contributed by atoms with Gasteiger partial charge in [0, 0.05) is 31.1 Å². The number of fused-ring (bicyclic) bond motifs is 1. The molecule has 3 fully saturated rings. The highest BCUT2D eigenvalue weighted by Gasteiger charge is 2.33. The van der Waals surface area contributed by atoms with Gasteiger partial charge < -0.3 is 10.0 Å². The zero-order chi connectivity index (χ0) is 16.8. The number of nitrogens with zero attached hydrogens (tertiary/aromatic N) is 6. The van der Waals surface area contributed by atoms with Crippen LogP contribution in [-0.4, -0.2) is 68.1 Å². The van der Waals surface area contributed by atoms with Gasteiger partial charge in [0.2, 0.25) is 0 Å². The number of aliphatic hydroxyl groups is 1. The maximum Gasteiger partial charge on any atom is 0.178 e. The van der Waals surface area contributed by atoms with Crippen molar-refractivity contribution in [2.24, 2.45) is 0 Å². The molecule has 2 aromatic rings. The fourth-order valence-electron chi connectivity index (χ4n) is 4.49. The van der Waals surface area contributed by atoms with Crippen molar-refractivity contribution in [2.45, 2.75) is 56.5 Å². The summed E-state index contributed by atoms with van der Waals surface area (Å²) in [5, 5.41) is 23.1. The van der Waals surface area contributed by atoms with Crippen LogP contribution in [-0.2, 0) is 0 Å². The fourth-order valence-corrected chi connectivity index (χ4v) is 4.49. The largest absolute Gasteiger partial charge is 0.395 e. The van der Waals surface area contributed by atoms with Gasteiger partial charge in [-0.05, 0) is 57.2 Å². The molecule has 2 atom stereocenters. The molecule has 3 aliphatic rings. The monoisotopic (exact) mass is 342 g/mol. The van der Waals surface area contributed by atoms with E-state index in [1.807, 2.05) is 10.6 Å². The van der Waals surface area contributed by atoms with Crippen LogP contribution in [0.25, 0.3) is 5.65 Å². The number of hydrogen-bond acceptors (Lipinski definition) is 6. The molecule has 0 radical (unpaired) electrons. The fraction of sp³-hybridized carbons (Fsp3) is 0.722. The Balaban J connectivity index is 1.39. The van der Waals surface area contributed by atoms with Gasteiger partial charge in [0.1, 0.15) is 5.82 Å². The van der Waals surface area contributed by atoms with Gasteiger partial charge in [-0.2, -0.15) is 4.52 Å². The predicted octanol–water partition coefficient (Wildman–Crippen LogP) is 1.43. The Morgan fingerprint density at radius 3 is 2.68 bits per heavy atom. The molecule has 7 heteroatoms. The van der Waals surface area contributed by atoms with E-state index in [1.165, 1.54) is 32.1 Å². The molecule has 0 amide bonds. The first-order valence-electron chi connectivity index (χ1n) is 9.67. The van der Waals surface area contributed by atoms with Gasteiger partial charge in [-0.1, -0.05) is 0 Å². The first-order chi connectivity index (χ1) is 12.3. The highest BCUT2D eigenvalue weighted by molar-refractivity contribution is 5.47. The lowest BCUT2D eigenvalue weighted by atomic mass is 10.2. The van der Waals surface area contributed by atoms with E-state index in [0.29, 0.717) is 18.0 Å². The maximum atomic E-state index is 9.59. The highest BCUT2D eigenvalue weighted by Crippen LogP contribution is 2.39. The summed E-state index contributed by atoms with van der Waals surface area (Å²) in [6, 6.07) is 4.96. The van der Waals surface area contributed by atoms with Crippen molar-refractivity contribution in [1.82, 2.24) is 24.7 Å². The maximum absolute atomic E-state index is 9.59. The van der Waals surface area contributed by atoms with E-state index < -0.39 is 0 Å². The lowest BCUT2D eigenvalue weighted by Crippen LogP contribution is -2.43. The zero-order valence-corrected chi connectivity index (χ0v) is 14.6. The van der Waals surface area contributed by atoms with Crippen molar-refractivity contribution in [2.75, 3.05) is 31.1 Å². The third-order valence-electron chi connectivity index (χ3n) is 6.04. The van der Waals surface area contributed by atoms with Crippen molar-refractivity contribution >= 4 is 11.5 Å². The summed E-state index contributed by atoms with van der Waals surface area (Å²) in [7, 11) is 0. The minimum absolute atomic E-state index is 0.280. The molecule has 25 heavy (non-hydrogen) atoms. The van der Waals surface area contributed by atoms with Crippen molar-refractivity contribution in [3.8, 4) is 0 Å². The molecule has 7 nitrogen and oxygen atoms in total. The second kappa shape index (κ2) is 6.21. The summed E-state index contributed by atoms with van der Waals surface area (Å²) in [5.41, 5.74) is 0.848. The molecule has 0 aromatic carbocycles. The summed E-state index contributed by atoms with van der Waals surface area (Å²) in [5.74, 6) is 2.60. The molecule has 134 valence electrons. The van der Waals surface area contributed by atoms with Crippen LogP contribution in [0, 0.1) is 0 Å². The van der Waals surface area contributed by atoms with Crippen LogP contribution in [0.4, 0.5) is 5.82 Å². The summed E-state index contributed by atoms with van der Waals surface area (Å²) in [4.78, 5) is 4.92. The topological polar surface area (TPSA) is 69.8 Å². The molecular weight excluding hydrogens is 316 g/mol. The number of anilines is 1. The van der Waals surface area contributed by atoms with Crippen LogP contribution in [0.3, 0.4) is 0 Å². The van der Waals surface area contributed by atoms with Gasteiger partial charge in [-0.25, -0.2) is 0 Å². The van der Waals surface area contributed by atoms with E-state index in [9.17, 15) is 5.11 Å². The number of aliphatic hydroxyl groups excluding tert-OH is 1. The second-order valence-corrected chi connectivity index (χ2v) is 7.76. The smallest absolute Gasteiger partial charge is 0.178 e. The lowest BCUT2D eigenvalue weighted by molar-refractivity contribution is 0.153. The van der Waals surface area contributed by atoms with Crippen molar-refractivity contribution < 1.29 is 5.11 Å². The van der Waals surface area contributed by atoms with Gasteiger partial charge in [0.05, 0.1) is 6.61 Å². The number of hydrogen-bond donors (Lipinski definition) is 1. The molecule has 4 heterocycles. The van der Waals surface area contributed by atoms with Crippen LogP contribution < -0.4 is 4.90 Å². The van der Waals surface area contributed by atoms with Crippen LogP contribution >= 0.6 is 0 Å². The molecule has 1 aliphatic carbocycles. The van der Waals surface area contributed by atoms with Crippen LogP contribution in [0.15, 0.2) is 12.1 Å². The minimum atomic E-state index is 0.280. The Bertz CT molecular complexity index is 757.